The molecule has 3 nitrogen and oxygen atoms in total. The minimum atomic E-state index is 0.944. The largest absolute Gasteiger partial charge is 0.355 e. The molecule has 2 rings (SSSR count). The molecule has 3 heteroatoms. The smallest absolute Gasteiger partial charge is 0.207 e. The predicted molar refractivity (Wildman–Crippen MR) is 81.2 cm³/mol. The van der Waals surface area contributed by atoms with Crippen LogP contribution in [-0.4, -0.2) is 16.1 Å². The van der Waals surface area contributed by atoms with Crippen molar-refractivity contribution in [2.45, 2.75) is 40.5 Å². The molecule has 0 unspecified atom stereocenters. The summed E-state index contributed by atoms with van der Waals surface area (Å²) in [4.78, 5) is 4.58. The topological polar surface area (TPSA) is 29.9 Å². The Morgan fingerprint density at radius 1 is 1.21 bits per heavy atom. The summed E-state index contributed by atoms with van der Waals surface area (Å²) in [6, 6.07) is 6.39. The number of hydrogen-bond donors (Lipinski definition) is 1. The van der Waals surface area contributed by atoms with E-state index >= 15 is 0 Å². The first-order valence-corrected chi connectivity index (χ1v) is 7.00. The summed E-state index contributed by atoms with van der Waals surface area (Å²) in [6.07, 6.45) is 4.45. The van der Waals surface area contributed by atoms with Crippen LogP contribution in [0.2, 0.25) is 0 Å². The zero-order valence-corrected chi connectivity index (χ0v) is 12.3. The molecule has 0 spiro atoms. The van der Waals surface area contributed by atoms with Crippen molar-refractivity contribution in [2.24, 2.45) is 0 Å². The lowest BCUT2D eigenvalue weighted by molar-refractivity contribution is 0.822. The van der Waals surface area contributed by atoms with Crippen molar-refractivity contribution >= 4 is 5.95 Å². The Morgan fingerprint density at radius 3 is 2.74 bits per heavy atom. The summed E-state index contributed by atoms with van der Waals surface area (Å²) >= 11 is 0. The van der Waals surface area contributed by atoms with Crippen molar-refractivity contribution in [2.75, 3.05) is 11.9 Å². The second kappa shape index (κ2) is 5.91. The van der Waals surface area contributed by atoms with E-state index in [-0.39, 0.29) is 0 Å². The molecule has 19 heavy (non-hydrogen) atoms. The zero-order chi connectivity index (χ0) is 13.8. The fourth-order valence-corrected chi connectivity index (χ4v) is 2.18. The minimum Gasteiger partial charge on any atom is -0.355 e. The number of aryl methyl sites for hydroxylation is 2. The molecular weight excluding hydrogens is 234 g/mol. The molecule has 0 radical (unpaired) electrons. The molecule has 1 aromatic heterocycles. The van der Waals surface area contributed by atoms with E-state index in [0.717, 1.165) is 18.2 Å². The lowest BCUT2D eigenvalue weighted by Crippen LogP contribution is -2.08. The molecule has 0 bridgehead atoms. The summed E-state index contributed by atoms with van der Waals surface area (Å²) in [5.74, 6) is 0.944. The summed E-state index contributed by atoms with van der Waals surface area (Å²) in [6.45, 7) is 9.51. The highest BCUT2D eigenvalue weighted by Crippen LogP contribution is 2.22. The Morgan fingerprint density at radius 2 is 2.00 bits per heavy atom. The fraction of sp³-hybridized carbons (Fsp3) is 0.438. The molecule has 0 aliphatic heterocycles. The summed E-state index contributed by atoms with van der Waals surface area (Å²) in [5.41, 5.74) is 4.86. The quantitative estimate of drug-likeness (QED) is 0.820. The molecule has 0 fully saturated rings. The molecular formula is C16H23N3. The Labute approximate surface area is 115 Å². The maximum absolute atomic E-state index is 4.58. The van der Waals surface area contributed by atoms with Gasteiger partial charge in [-0.1, -0.05) is 25.5 Å². The Hall–Kier alpha value is -1.77. The summed E-state index contributed by atoms with van der Waals surface area (Å²) in [5, 5.41) is 3.43. The van der Waals surface area contributed by atoms with Gasteiger partial charge in [0.15, 0.2) is 0 Å². The monoisotopic (exact) mass is 257 g/mol. The van der Waals surface area contributed by atoms with Gasteiger partial charge in [0.25, 0.3) is 0 Å². The van der Waals surface area contributed by atoms with Crippen LogP contribution in [0, 0.1) is 20.8 Å². The predicted octanol–water partition coefficient (Wildman–Crippen LogP) is 4.01. The average Bonchev–Trinajstić information content (AvgIpc) is 2.74. The average molecular weight is 257 g/mol. The standard InChI is InChI=1S/C16H23N3/c1-5-6-10-17-16-18-13(3)11-19(16)15-9-7-8-12(2)14(15)4/h7-9,11H,5-6,10H2,1-4H3,(H,17,18). The van der Waals surface area contributed by atoms with Gasteiger partial charge in [0.05, 0.1) is 11.4 Å². The lowest BCUT2D eigenvalue weighted by atomic mass is 10.1. The van der Waals surface area contributed by atoms with Gasteiger partial charge in [0, 0.05) is 12.7 Å². The third-order valence-electron chi connectivity index (χ3n) is 3.48. The third-order valence-corrected chi connectivity index (χ3v) is 3.48. The van der Waals surface area contributed by atoms with Gasteiger partial charge in [0.2, 0.25) is 5.95 Å². The van der Waals surface area contributed by atoms with Gasteiger partial charge in [-0.05, 0) is 44.4 Å². The molecule has 0 aliphatic carbocycles. The van der Waals surface area contributed by atoms with E-state index in [9.17, 15) is 0 Å². The SMILES string of the molecule is CCCCNc1nc(C)cn1-c1cccc(C)c1C. The first kappa shape index (κ1) is 13.7. The molecule has 2 aromatic rings. The van der Waals surface area contributed by atoms with E-state index in [4.69, 9.17) is 0 Å². The molecule has 0 aliphatic rings. The van der Waals surface area contributed by atoms with Crippen LogP contribution in [0.3, 0.4) is 0 Å². The molecule has 0 saturated heterocycles. The second-order valence-electron chi connectivity index (χ2n) is 5.08. The summed E-state index contributed by atoms with van der Waals surface area (Å²) in [7, 11) is 0. The normalized spacial score (nSPS) is 10.7. The van der Waals surface area contributed by atoms with Gasteiger partial charge in [-0.15, -0.1) is 0 Å². The van der Waals surface area contributed by atoms with Crippen LogP contribution in [0.5, 0.6) is 0 Å². The number of nitrogens with zero attached hydrogens (tertiary/aromatic N) is 2. The number of hydrogen-bond acceptors (Lipinski definition) is 2. The van der Waals surface area contributed by atoms with Crippen LogP contribution in [-0.2, 0) is 0 Å². The van der Waals surface area contributed by atoms with Crippen LogP contribution >= 0.6 is 0 Å². The van der Waals surface area contributed by atoms with Crippen molar-refractivity contribution in [3.63, 3.8) is 0 Å². The number of unbranched alkanes of at least 4 members (excludes halogenated alkanes) is 1. The van der Waals surface area contributed by atoms with Crippen molar-refractivity contribution < 1.29 is 0 Å². The van der Waals surface area contributed by atoms with Crippen molar-refractivity contribution in [1.82, 2.24) is 9.55 Å². The van der Waals surface area contributed by atoms with Crippen LogP contribution in [0.25, 0.3) is 5.69 Å². The molecule has 1 heterocycles. The molecule has 1 aromatic carbocycles. The highest BCUT2D eigenvalue weighted by atomic mass is 15.2. The van der Waals surface area contributed by atoms with E-state index in [1.54, 1.807) is 0 Å². The van der Waals surface area contributed by atoms with Gasteiger partial charge in [-0.25, -0.2) is 4.98 Å². The van der Waals surface area contributed by atoms with Crippen molar-refractivity contribution in [3.05, 3.63) is 41.2 Å². The minimum absolute atomic E-state index is 0.944. The Balaban J connectivity index is 2.35. The lowest BCUT2D eigenvalue weighted by Gasteiger charge is -2.13. The van der Waals surface area contributed by atoms with E-state index in [2.05, 4.69) is 60.0 Å². The number of aromatic nitrogens is 2. The van der Waals surface area contributed by atoms with Gasteiger partial charge in [0.1, 0.15) is 0 Å². The summed E-state index contributed by atoms with van der Waals surface area (Å²) < 4.78 is 2.16. The Kier molecular flexibility index (Phi) is 4.25. The second-order valence-corrected chi connectivity index (χ2v) is 5.08. The van der Waals surface area contributed by atoms with Crippen LogP contribution in [0.4, 0.5) is 5.95 Å². The number of benzene rings is 1. The number of imidazole rings is 1. The molecule has 0 saturated carbocycles. The van der Waals surface area contributed by atoms with E-state index in [1.807, 2.05) is 6.92 Å². The molecule has 1 N–H and O–H groups in total. The molecule has 102 valence electrons. The number of nitrogens with one attached hydrogen (secondary N) is 1. The highest BCUT2D eigenvalue weighted by Gasteiger charge is 2.09. The molecule has 0 amide bonds. The van der Waals surface area contributed by atoms with Gasteiger partial charge in [-0.3, -0.25) is 4.57 Å². The fourth-order valence-electron chi connectivity index (χ4n) is 2.18. The third kappa shape index (κ3) is 2.98. The first-order chi connectivity index (χ1) is 9.13. The highest BCUT2D eigenvalue weighted by molar-refractivity contribution is 5.50. The van der Waals surface area contributed by atoms with E-state index < -0.39 is 0 Å². The van der Waals surface area contributed by atoms with E-state index in [0.29, 0.717) is 0 Å². The van der Waals surface area contributed by atoms with Crippen molar-refractivity contribution in [1.29, 1.82) is 0 Å². The zero-order valence-electron chi connectivity index (χ0n) is 12.3. The molecule has 0 atom stereocenters. The van der Waals surface area contributed by atoms with Crippen LogP contribution < -0.4 is 5.32 Å². The first-order valence-electron chi connectivity index (χ1n) is 7.00. The number of rotatable bonds is 5. The number of anilines is 1. The van der Waals surface area contributed by atoms with Gasteiger partial charge < -0.3 is 5.32 Å². The van der Waals surface area contributed by atoms with Crippen LogP contribution in [0.1, 0.15) is 36.6 Å². The van der Waals surface area contributed by atoms with Crippen molar-refractivity contribution in [3.8, 4) is 5.69 Å². The Bertz CT molecular complexity index is 555. The van der Waals surface area contributed by atoms with Crippen LogP contribution in [0.15, 0.2) is 24.4 Å². The van der Waals surface area contributed by atoms with E-state index in [1.165, 1.54) is 29.7 Å². The van der Waals surface area contributed by atoms with Gasteiger partial charge >= 0.3 is 0 Å². The maximum Gasteiger partial charge on any atom is 0.207 e. The maximum atomic E-state index is 4.58. The van der Waals surface area contributed by atoms with Gasteiger partial charge in [-0.2, -0.15) is 0 Å².